The molecule has 6 heteroatoms. The van der Waals surface area contributed by atoms with Crippen LogP contribution in [-0.4, -0.2) is 34.4 Å². The van der Waals surface area contributed by atoms with Crippen LogP contribution in [0.15, 0.2) is 18.1 Å². The van der Waals surface area contributed by atoms with E-state index in [-0.39, 0.29) is 5.69 Å². The van der Waals surface area contributed by atoms with E-state index in [1.807, 2.05) is 27.7 Å². The molecule has 0 unspecified atom stereocenters. The second-order valence-electron chi connectivity index (χ2n) is 6.18. The number of hydrogen-bond donors (Lipinski definition) is 1. The first-order valence-corrected chi connectivity index (χ1v) is 6.87. The predicted molar refractivity (Wildman–Crippen MR) is 81.0 cm³/mol. The number of carboxylic acid groups (broad SMARTS) is 1. The summed E-state index contributed by atoms with van der Waals surface area (Å²) in [6, 6.07) is 3.50. The molecule has 1 aromatic rings. The summed E-state index contributed by atoms with van der Waals surface area (Å²) in [5.74, 6) is 0.669. The summed E-state index contributed by atoms with van der Waals surface area (Å²) in [6.07, 6.45) is 1.68. The molecule has 0 spiro atoms. The third-order valence-corrected chi connectivity index (χ3v) is 3.97. The van der Waals surface area contributed by atoms with E-state index in [0.717, 1.165) is 0 Å². The van der Waals surface area contributed by atoms with Crippen molar-refractivity contribution in [3.8, 4) is 0 Å². The Balaban J connectivity index is 2.22. The van der Waals surface area contributed by atoms with Gasteiger partial charge in [-0.15, -0.1) is 0 Å². The third-order valence-electron chi connectivity index (χ3n) is 3.97. The number of aromatic carboxylic acids is 1. The number of carbonyl (C=O) groups is 1. The van der Waals surface area contributed by atoms with Crippen molar-refractivity contribution in [3.63, 3.8) is 0 Å². The van der Waals surface area contributed by atoms with Gasteiger partial charge in [-0.05, 0) is 40.7 Å². The molecule has 1 aliphatic rings. The molecule has 0 atom stereocenters. The number of hydrogen-bond acceptors (Lipinski definition) is 4. The van der Waals surface area contributed by atoms with Crippen molar-refractivity contribution in [2.75, 3.05) is 0 Å². The molecule has 1 saturated heterocycles. The van der Waals surface area contributed by atoms with Gasteiger partial charge in [0.15, 0.2) is 5.69 Å². The minimum absolute atomic E-state index is 0.0303. The van der Waals surface area contributed by atoms with Gasteiger partial charge >= 0.3 is 13.1 Å². The molecule has 1 aromatic heterocycles. The number of pyridine rings is 1. The second-order valence-corrected chi connectivity index (χ2v) is 6.18. The maximum absolute atomic E-state index is 11.2. The van der Waals surface area contributed by atoms with Gasteiger partial charge in [-0.25, -0.2) is 9.78 Å². The quantitative estimate of drug-likeness (QED) is 0.866. The van der Waals surface area contributed by atoms with Crippen LogP contribution in [-0.2, 0) is 9.31 Å². The highest BCUT2D eigenvalue weighted by molar-refractivity contribution is 6.52. The molecule has 0 amide bonds. The van der Waals surface area contributed by atoms with Gasteiger partial charge in [-0.1, -0.05) is 18.1 Å². The zero-order valence-electron chi connectivity index (χ0n) is 13.0. The molecular formula is C15H20BNO4. The van der Waals surface area contributed by atoms with Gasteiger partial charge < -0.3 is 14.4 Å². The van der Waals surface area contributed by atoms with Gasteiger partial charge in [0.1, 0.15) is 0 Å². The van der Waals surface area contributed by atoms with Gasteiger partial charge in [0, 0.05) is 11.3 Å². The Labute approximate surface area is 125 Å². The van der Waals surface area contributed by atoms with Crippen LogP contribution in [0.5, 0.6) is 0 Å². The Morgan fingerprint density at radius 1 is 1.24 bits per heavy atom. The minimum atomic E-state index is -1.05. The van der Waals surface area contributed by atoms with Crippen molar-refractivity contribution in [1.82, 2.24) is 4.98 Å². The first-order chi connectivity index (χ1) is 9.62. The Hall–Kier alpha value is -1.66. The summed E-state index contributed by atoms with van der Waals surface area (Å²) >= 11 is 0. The van der Waals surface area contributed by atoms with E-state index >= 15 is 0 Å². The predicted octanol–water partition coefficient (Wildman–Crippen LogP) is 2.73. The molecule has 1 N–H and O–H groups in total. The highest BCUT2D eigenvalue weighted by atomic mass is 16.7. The largest absolute Gasteiger partial charge is 0.487 e. The lowest BCUT2D eigenvalue weighted by Gasteiger charge is -2.32. The molecular weight excluding hydrogens is 269 g/mol. The van der Waals surface area contributed by atoms with E-state index in [9.17, 15) is 9.90 Å². The third kappa shape index (κ3) is 3.17. The SMILES string of the molecule is Cc1ccc(/C=C/B2OC(C)(C)C(C)(C)O2)c(C(=O)O)n1. The van der Waals surface area contributed by atoms with Crippen LogP contribution in [0.3, 0.4) is 0 Å². The molecule has 2 rings (SSSR count). The van der Waals surface area contributed by atoms with Crippen molar-refractivity contribution in [2.45, 2.75) is 45.8 Å². The maximum Gasteiger partial charge on any atom is 0.487 e. The normalized spacial score (nSPS) is 20.1. The molecule has 2 heterocycles. The van der Waals surface area contributed by atoms with Crippen LogP contribution < -0.4 is 0 Å². The Morgan fingerprint density at radius 2 is 1.81 bits per heavy atom. The minimum Gasteiger partial charge on any atom is -0.476 e. The molecule has 5 nitrogen and oxygen atoms in total. The monoisotopic (exact) mass is 289 g/mol. The fourth-order valence-corrected chi connectivity index (χ4v) is 2.02. The van der Waals surface area contributed by atoms with E-state index in [1.165, 1.54) is 0 Å². The molecule has 0 saturated carbocycles. The fraction of sp³-hybridized carbons (Fsp3) is 0.467. The van der Waals surface area contributed by atoms with Crippen LogP contribution in [0.4, 0.5) is 0 Å². The Bertz CT molecular complexity index is 579. The smallest absolute Gasteiger partial charge is 0.476 e. The van der Waals surface area contributed by atoms with Gasteiger partial charge in [0.25, 0.3) is 0 Å². The summed E-state index contributed by atoms with van der Waals surface area (Å²) in [7, 11) is -0.502. The molecule has 1 aliphatic heterocycles. The lowest BCUT2D eigenvalue weighted by molar-refractivity contribution is 0.00578. The van der Waals surface area contributed by atoms with Gasteiger partial charge in [0.2, 0.25) is 0 Å². The molecule has 0 bridgehead atoms. The first-order valence-electron chi connectivity index (χ1n) is 6.87. The summed E-state index contributed by atoms with van der Waals surface area (Å²) in [5, 5.41) is 9.19. The van der Waals surface area contributed by atoms with E-state index in [4.69, 9.17) is 9.31 Å². The molecule has 1 fully saturated rings. The zero-order valence-corrected chi connectivity index (χ0v) is 13.0. The number of carboxylic acids is 1. The Morgan fingerprint density at radius 3 is 2.33 bits per heavy atom. The number of aryl methyl sites for hydroxylation is 1. The van der Waals surface area contributed by atoms with Crippen LogP contribution in [0.1, 0.15) is 49.4 Å². The Kier molecular flexibility index (Phi) is 3.95. The molecule has 112 valence electrons. The first kappa shape index (κ1) is 15.7. The summed E-state index contributed by atoms with van der Waals surface area (Å²) < 4.78 is 11.7. The average molecular weight is 289 g/mol. The van der Waals surface area contributed by atoms with Crippen LogP contribution in [0.2, 0.25) is 0 Å². The topological polar surface area (TPSA) is 68.7 Å². The zero-order chi connectivity index (χ0) is 15.8. The lowest BCUT2D eigenvalue weighted by Crippen LogP contribution is -2.41. The van der Waals surface area contributed by atoms with Crippen LogP contribution in [0.25, 0.3) is 6.08 Å². The number of rotatable bonds is 3. The van der Waals surface area contributed by atoms with E-state index < -0.39 is 24.3 Å². The molecule has 0 aliphatic carbocycles. The van der Waals surface area contributed by atoms with Crippen molar-refractivity contribution < 1.29 is 19.2 Å². The molecule has 0 radical (unpaired) electrons. The van der Waals surface area contributed by atoms with E-state index in [0.29, 0.717) is 11.3 Å². The van der Waals surface area contributed by atoms with Gasteiger partial charge in [-0.2, -0.15) is 0 Å². The maximum atomic E-state index is 11.2. The van der Waals surface area contributed by atoms with Gasteiger partial charge in [-0.3, -0.25) is 0 Å². The van der Waals surface area contributed by atoms with Crippen molar-refractivity contribution in [2.24, 2.45) is 0 Å². The molecule has 21 heavy (non-hydrogen) atoms. The van der Waals surface area contributed by atoms with E-state index in [1.54, 1.807) is 31.1 Å². The van der Waals surface area contributed by atoms with Crippen molar-refractivity contribution >= 4 is 19.2 Å². The van der Waals surface area contributed by atoms with Crippen molar-refractivity contribution in [3.05, 3.63) is 35.1 Å². The highest BCUT2D eigenvalue weighted by Crippen LogP contribution is 2.37. The van der Waals surface area contributed by atoms with Crippen LogP contribution in [0, 0.1) is 6.92 Å². The summed E-state index contributed by atoms with van der Waals surface area (Å²) in [5.41, 5.74) is 0.400. The standard InChI is InChI=1S/C15H20BNO4/c1-10-6-7-11(12(17-10)13(18)19)8-9-16-20-14(2,3)15(4,5)21-16/h6-9H,1-5H3,(H,18,19)/b9-8+. The van der Waals surface area contributed by atoms with Crippen molar-refractivity contribution in [1.29, 1.82) is 0 Å². The summed E-state index contributed by atoms with van der Waals surface area (Å²) in [4.78, 5) is 15.3. The average Bonchev–Trinajstić information content (AvgIpc) is 2.56. The summed E-state index contributed by atoms with van der Waals surface area (Å²) in [6.45, 7) is 9.63. The van der Waals surface area contributed by atoms with Gasteiger partial charge in [0.05, 0.1) is 11.2 Å². The number of aromatic nitrogens is 1. The molecule has 0 aromatic carbocycles. The lowest BCUT2D eigenvalue weighted by atomic mass is 9.89. The van der Waals surface area contributed by atoms with E-state index in [2.05, 4.69) is 4.98 Å². The fourth-order valence-electron chi connectivity index (χ4n) is 2.02. The highest BCUT2D eigenvalue weighted by Gasteiger charge is 2.50. The second kappa shape index (κ2) is 5.28. The van der Waals surface area contributed by atoms with Crippen LogP contribution >= 0.6 is 0 Å². The number of nitrogens with zero attached hydrogens (tertiary/aromatic N) is 1.